The van der Waals surface area contributed by atoms with Crippen LogP contribution in [0.2, 0.25) is 0 Å². The maximum Gasteiger partial charge on any atom is 0.257 e. The fraction of sp³-hybridized carbons (Fsp3) is 0.529. The van der Waals surface area contributed by atoms with Crippen molar-refractivity contribution in [3.8, 4) is 0 Å². The van der Waals surface area contributed by atoms with Gasteiger partial charge in [-0.2, -0.15) is 0 Å². The van der Waals surface area contributed by atoms with Gasteiger partial charge in [0, 0.05) is 24.7 Å². The zero-order valence-electron chi connectivity index (χ0n) is 13.8. The third kappa shape index (κ3) is 3.33. The van der Waals surface area contributed by atoms with Gasteiger partial charge >= 0.3 is 0 Å². The van der Waals surface area contributed by atoms with E-state index in [4.69, 9.17) is 9.15 Å². The van der Waals surface area contributed by atoms with Crippen molar-refractivity contribution < 1.29 is 13.9 Å². The largest absolute Gasteiger partial charge is 0.463 e. The van der Waals surface area contributed by atoms with E-state index < -0.39 is 0 Å². The predicted molar refractivity (Wildman–Crippen MR) is 88.6 cm³/mol. The van der Waals surface area contributed by atoms with Crippen LogP contribution in [0.25, 0.3) is 0 Å². The molecule has 0 aromatic carbocycles. The van der Waals surface area contributed by atoms with E-state index in [0.717, 1.165) is 36.5 Å². The zero-order chi connectivity index (χ0) is 16.4. The molecular weight excluding hydrogens is 312 g/mol. The first kappa shape index (κ1) is 16.2. The molecule has 0 spiro atoms. The SMILES string of the molecule is COCc1cc(C(=O)N2CCCC[C@@H]2c2nc(C)cs2)c(C)o1. The Hall–Kier alpha value is -1.66. The number of ether oxygens (including phenoxy) is 1. The summed E-state index contributed by atoms with van der Waals surface area (Å²) in [6, 6.07) is 1.88. The highest BCUT2D eigenvalue weighted by Gasteiger charge is 2.32. The smallest absolute Gasteiger partial charge is 0.257 e. The van der Waals surface area contributed by atoms with Gasteiger partial charge in [0.25, 0.3) is 5.91 Å². The van der Waals surface area contributed by atoms with Crippen molar-refractivity contribution in [2.75, 3.05) is 13.7 Å². The Morgan fingerprint density at radius 1 is 1.48 bits per heavy atom. The molecule has 1 fully saturated rings. The first-order valence-electron chi connectivity index (χ1n) is 7.91. The number of hydrogen-bond acceptors (Lipinski definition) is 5. The van der Waals surface area contributed by atoms with E-state index in [9.17, 15) is 4.79 Å². The van der Waals surface area contributed by atoms with E-state index in [1.807, 2.05) is 24.1 Å². The fourth-order valence-corrected chi connectivity index (χ4v) is 4.02. The van der Waals surface area contributed by atoms with Crippen molar-refractivity contribution in [3.05, 3.63) is 39.2 Å². The van der Waals surface area contributed by atoms with Gasteiger partial charge in [0.05, 0.1) is 11.6 Å². The van der Waals surface area contributed by atoms with Crippen molar-refractivity contribution >= 4 is 17.2 Å². The van der Waals surface area contributed by atoms with Crippen LogP contribution in [0, 0.1) is 13.8 Å². The highest BCUT2D eigenvalue weighted by molar-refractivity contribution is 7.09. The summed E-state index contributed by atoms with van der Waals surface area (Å²) in [5.41, 5.74) is 1.65. The molecule has 1 atom stereocenters. The molecule has 0 aliphatic carbocycles. The van der Waals surface area contributed by atoms with Crippen LogP contribution in [0.3, 0.4) is 0 Å². The molecule has 1 aliphatic rings. The quantitative estimate of drug-likeness (QED) is 0.852. The van der Waals surface area contributed by atoms with E-state index in [2.05, 4.69) is 4.98 Å². The number of carbonyl (C=O) groups excluding carboxylic acids is 1. The van der Waals surface area contributed by atoms with Crippen LogP contribution >= 0.6 is 11.3 Å². The number of hydrogen-bond donors (Lipinski definition) is 0. The van der Waals surface area contributed by atoms with Crippen molar-refractivity contribution in [1.82, 2.24) is 9.88 Å². The number of piperidine rings is 1. The normalized spacial score (nSPS) is 18.4. The Kier molecular flexibility index (Phi) is 4.82. The van der Waals surface area contributed by atoms with Crippen molar-refractivity contribution in [2.24, 2.45) is 0 Å². The van der Waals surface area contributed by atoms with Gasteiger partial charge in [-0.3, -0.25) is 4.79 Å². The number of methoxy groups -OCH3 is 1. The predicted octanol–water partition coefficient (Wildman–Crippen LogP) is 3.87. The molecule has 1 aliphatic heterocycles. The van der Waals surface area contributed by atoms with Crippen LogP contribution in [0.4, 0.5) is 0 Å². The summed E-state index contributed by atoms with van der Waals surface area (Å²) < 4.78 is 10.7. The molecule has 0 saturated carbocycles. The Morgan fingerprint density at radius 2 is 2.30 bits per heavy atom. The fourth-order valence-electron chi connectivity index (χ4n) is 3.08. The summed E-state index contributed by atoms with van der Waals surface area (Å²) in [6.45, 7) is 4.97. The van der Waals surface area contributed by atoms with Crippen LogP contribution in [-0.2, 0) is 11.3 Å². The average molecular weight is 334 g/mol. The monoisotopic (exact) mass is 334 g/mol. The van der Waals surface area contributed by atoms with Crippen molar-refractivity contribution in [3.63, 3.8) is 0 Å². The summed E-state index contributed by atoms with van der Waals surface area (Å²) in [4.78, 5) is 19.6. The van der Waals surface area contributed by atoms with Crippen LogP contribution in [0.15, 0.2) is 15.9 Å². The molecule has 2 aromatic rings. The van der Waals surface area contributed by atoms with Gasteiger partial charge in [0.2, 0.25) is 0 Å². The van der Waals surface area contributed by atoms with Gasteiger partial charge in [0.15, 0.2) is 0 Å². The highest BCUT2D eigenvalue weighted by atomic mass is 32.1. The Morgan fingerprint density at radius 3 is 3.00 bits per heavy atom. The molecule has 3 heterocycles. The first-order chi connectivity index (χ1) is 11.1. The third-order valence-electron chi connectivity index (χ3n) is 4.17. The van der Waals surface area contributed by atoms with E-state index in [0.29, 0.717) is 23.7 Å². The van der Waals surface area contributed by atoms with Crippen molar-refractivity contribution in [1.29, 1.82) is 0 Å². The van der Waals surface area contributed by atoms with Gasteiger partial charge in [-0.1, -0.05) is 0 Å². The maximum absolute atomic E-state index is 13.0. The molecule has 0 unspecified atom stereocenters. The molecule has 1 amide bonds. The lowest BCUT2D eigenvalue weighted by Gasteiger charge is -2.34. The standard InChI is InChI=1S/C17H22N2O3S/c1-11-10-23-16(18-11)15-6-4-5-7-19(15)17(20)14-8-13(9-21-3)22-12(14)2/h8,10,15H,4-7,9H2,1-3H3/t15-/m1/s1. The minimum Gasteiger partial charge on any atom is -0.463 e. The van der Waals surface area contributed by atoms with E-state index >= 15 is 0 Å². The lowest BCUT2D eigenvalue weighted by molar-refractivity contribution is 0.0609. The molecule has 2 aromatic heterocycles. The second kappa shape index (κ2) is 6.84. The maximum atomic E-state index is 13.0. The first-order valence-corrected chi connectivity index (χ1v) is 8.79. The number of aromatic nitrogens is 1. The summed E-state index contributed by atoms with van der Waals surface area (Å²) in [7, 11) is 1.62. The van der Waals surface area contributed by atoms with Crippen LogP contribution in [0.1, 0.15) is 57.9 Å². The summed E-state index contributed by atoms with van der Waals surface area (Å²) >= 11 is 1.64. The number of thiazole rings is 1. The molecule has 3 rings (SSSR count). The summed E-state index contributed by atoms with van der Waals surface area (Å²) in [6.07, 6.45) is 3.14. The Bertz CT molecular complexity index is 692. The average Bonchev–Trinajstić information content (AvgIpc) is 3.13. The molecule has 23 heavy (non-hydrogen) atoms. The number of furan rings is 1. The molecule has 0 bridgehead atoms. The van der Waals surface area contributed by atoms with Gasteiger partial charge in [-0.15, -0.1) is 11.3 Å². The van der Waals surface area contributed by atoms with Crippen molar-refractivity contribution in [2.45, 2.75) is 45.8 Å². The number of aryl methyl sites for hydroxylation is 2. The second-order valence-electron chi connectivity index (χ2n) is 5.95. The number of nitrogens with zero attached hydrogens (tertiary/aromatic N) is 2. The number of carbonyl (C=O) groups is 1. The van der Waals surface area contributed by atoms with E-state index in [1.54, 1.807) is 24.5 Å². The lowest BCUT2D eigenvalue weighted by atomic mass is 10.0. The molecule has 1 saturated heterocycles. The van der Waals surface area contributed by atoms with E-state index in [-0.39, 0.29) is 11.9 Å². The number of amides is 1. The molecular formula is C17H22N2O3S. The van der Waals surface area contributed by atoms with Gasteiger partial charge in [-0.05, 0) is 39.2 Å². The van der Waals surface area contributed by atoms with Gasteiger partial charge < -0.3 is 14.1 Å². The molecule has 5 nitrogen and oxygen atoms in total. The highest BCUT2D eigenvalue weighted by Crippen LogP contribution is 2.34. The van der Waals surface area contributed by atoms with Gasteiger partial charge in [0.1, 0.15) is 23.1 Å². The van der Waals surface area contributed by atoms with Crippen LogP contribution in [-0.4, -0.2) is 29.4 Å². The molecule has 6 heteroatoms. The van der Waals surface area contributed by atoms with Crippen LogP contribution in [0.5, 0.6) is 0 Å². The summed E-state index contributed by atoms with van der Waals surface area (Å²) in [5.74, 6) is 1.37. The third-order valence-corrected chi connectivity index (χ3v) is 5.24. The number of likely N-dealkylation sites (tertiary alicyclic amines) is 1. The Labute approximate surface area is 140 Å². The van der Waals surface area contributed by atoms with Gasteiger partial charge in [-0.25, -0.2) is 4.98 Å². The molecule has 0 N–H and O–H groups in total. The second-order valence-corrected chi connectivity index (χ2v) is 6.84. The minimum atomic E-state index is 0.0335. The van der Waals surface area contributed by atoms with E-state index in [1.165, 1.54) is 0 Å². The minimum absolute atomic E-state index is 0.0335. The molecule has 0 radical (unpaired) electrons. The lowest BCUT2D eigenvalue weighted by Crippen LogP contribution is -2.38. The zero-order valence-corrected chi connectivity index (χ0v) is 14.6. The van der Waals surface area contributed by atoms with Crippen LogP contribution < -0.4 is 0 Å². The number of rotatable bonds is 4. The molecule has 124 valence electrons. The summed E-state index contributed by atoms with van der Waals surface area (Å²) in [5, 5.41) is 3.08. The Balaban J connectivity index is 1.86. The topological polar surface area (TPSA) is 55.6 Å².